The number of carbonyl (C=O) groups is 3. The largest absolute Gasteiger partial charge is 0.354 e. The quantitative estimate of drug-likeness (QED) is 0.596. The Hall–Kier alpha value is -3.58. The Bertz CT molecular complexity index is 1250. The summed E-state index contributed by atoms with van der Waals surface area (Å²) < 4.78 is 0. The average molecular weight is 472 g/mol. The van der Waals surface area contributed by atoms with Gasteiger partial charge in [-0.05, 0) is 37.1 Å². The number of nitrogens with zero attached hydrogens (tertiary/aromatic N) is 2. The number of benzene rings is 3. The first-order chi connectivity index (χ1) is 16.5. The van der Waals surface area contributed by atoms with E-state index in [4.69, 9.17) is 0 Å². The molecule has 0 bridgehead atoms. The van der Waals surface area contributed by atoms with Gasteiger partial charge in [-0.15, -0.1) is 11.8 Å². The minimum absolute atomic E-state index is 0.0944. The van der Waals surface area contributed by atoms with Crippen molar-refractivity contribution in [3.8, 4) is 0 Å². The molecule has 5 rings (SSSR count). The molecule has 172 valence electrons. The van der Waals surface area contributed by atoms with Crippen LogP contribution in [0.2, 0.25) is 0 Å². The molecule has 7 heteroatoms. The van der Waals surface area contributed by atoms with E-state index in [-0.39, 0.29) is 30.0 Å². The molecular formula is C27H25N3O3S. The van der Waals surface area contributed by atoms with E-state index in [1.54, 1.807) is 4.90 Å². The zero-order chi connectivity index (χ0) is 23.7. The van der Waals surface area contributed by atoms with Crippen LogP contribution in [0.25, 0.3) is 0 Å². The molecule has 2 aliphatic rings. The van der Waals surface area contributed by atoms with Crippen LogP contribution in [-0.4, -0.2) is 36.6 Å². The number of para-hydroxylation sites is 1. The van der Waals surface area contributed by atoms with E-state index in [1.165, 1.54) is 16.7 Å². The zero-order valence-corrected chi connectivity index (χ0v) is 19.7. The molecule has 6 nitrogen and oxygen atoms in total. The molecule has 3 aromatic rings. The lowest BCUT2D eigenvalue weighted by Gasteiger charge is -2.33. The van der Waals surface area contributed by atoms with E-state index in [0.29, 0.717) is 24.3 Å². The van der Waals surface area contributed by atoms with Gasteiger partial charge in [0.2, 0.25) is 16.7 Å². The summed E-state index contributed by atoms with van der Waals surface area (Å²) in [7, 11) is 0. The van der Waals surface area contributed by atoms with Gasteiger partial charge in [0, 0.05) is 17.8 Å². The molecule has 2 aliphatic heterocycles. The number of nitrogens with one attached hydrogen (secondary N) is 1. The van der Waals surface area contributed by atoms with Gasteiger partial charge in [0.05, 0.1) is 11.4 Å². The third-order valence-corrected chi connectivity index (χ3v) is 7.62. The normalized spacial score (nSPS) is 19.1. The Balaban J connectivity index is 1.40. The summed E-state index contributed by atoms with van der Waals surface area (Å²) >= 11 is 1.32. The highest BCUT2D eigenvalue weighted by molar-refractivity contribution is 8.02. The first-order valence-corrected chi connectivity index (χ1v) is 12.2. The molecule has 1 spiro atoms. The Morgan fingerprint density at radius 1 is 0.971 bits per heavy atom. The predicted octanol–water partition coefficient (Wildman–Crippen LogP) is 3.63. The number of carbonyl (C=O) groups excluding carboxylic acids is 3. The molecule has 1 saturated heterocycles. The van der Waals surface area contributed by atoms with E-state index >= 15 is 0 Å². The Morgan fingerprint density at radius 3 is 2.44 bits per heavy atom. The first-order valence-electron chi connectivity index (χ1n) is 11.3. The summed E-state index contributed by atoms with van der Waals surface area (Å²) in [5.74, 6) is -0.410. The van der Waals surface area contributed by atoms with Crippen LogP contribution in [0.3, 0.4) is 0 Å². The number of fused-ring (bicyclic) bond motifs is 2. The van der Waals surface area contributed by atoms with E-state index in [9.17, 15) is 14.4 Å². The van der Waals surface area contributed by atoms with Crippen LogP contribution in [0.1, 0.15) is 16.7 Å². The fraction of sp³-hybridized carbons (Fsp3) is 0.222. The number of rotatable bonds is 6. The molecule has 0 aromatic heterocycles. The van der Waals surface area contributed by atoms with Gasteiger partial charge in [0.1, 0.15) is 6.54 Å². The van der Waals surface area contributed by atoms with E-state index < -0.39 is 4.87 Å². The van der Waals surface area contributed by atoms with Crippen LogP contribution in [-0.2, 0) is 25.7 Å². The lowest BCUT2D eigenvalue weighted by atomic mass is 10.0. The van der Waals surface area contributed by atoms with Gasteiger partial charge in [0.15, 0.2) is 0 Å². The monoisotopic (exact) mass is 471 g/mol. The molecule has 1 atom stereocenters. The summed E-state index contributed by atoms with van der Waals surface area (Å²) in [6.07, 6.45) is 0.715. The molecule has 34 heavy (non-hydrogen) atoms. The average Bonchev–Trinajstić information content (AvgIpc) is 3.31. The molecule has 0 saturated carbocycles. The predicted molar refractivity (Wildman–Crippen MR) is 135 cm³/mol. The maximum atomic E-state index is 13.9. The van der Waals surface area contributed by atoms with Crippen molar-refractivity contribution in [1.82, 2.24) is 5.32 Å². The van der Waals surface area contributed by atoms with Crippen LogP contribution in [0.15, 0.2) is 78.9 Å². The van der Waals surface area contributed by atoms with E-state index in [2.05, 4.69) is 5.32 Å². The van der Waals surface area contributed by atoms with Crippen molar-refractivity contribution in [1.29, 1.82) is 0 Å². The summed E-state index contributed by atoms with van der Waals surface area (Å²) in [6, 6.07) is 25.0. The summed E-state index contributed by atoms with van der Waals surface area (Å²) in [5, 5.41) is 2.93. The Labute approximate surface area is 202 Å². The van der Waals surface area contributed by atoms with Crippen LogP contribution in [0, 0.1) is 6.92 Å². The summed E-state index contributed by atoms with van der Waals surface area (Å²) in [5.41, 5.74) is 4.31. The minimum atomic E-state index is -1.20. The van der Waals surface area contributed by atoms with Gasteiger partial charge in [-0.25, -0.2) is 0 Å². The molecular weight excluding hydrogens is 446 g/mol. The second kappa shape index (κ2) is 8.99. The molecule has 1 N–H and O–H groups in total. The van der Waals surface area contributed by atoms with Crippen LogP contribution < -0.4 is 15.1 Å². The smallest absolute Gasteiger partial charge is 0.269 e. The number of aryl methyl sites for hydroxylation is 1. The van der Waals surface area contributed by atoms with Crippen LogP contribution in [0.5, 0.6) is 0 Å². The van der Waals surface area contributed by atoms with E-state index in [0.717, 1.165) is 16.7 Å². The highest BCUT2D eigenvalue weighted by Gasteiger charge is 2.61. The molecule has 3 amide bonds. The third kappa shape index (κ3) is 3.76. The van der Waals surface area contributed by atoms with Crippen molar-refractivity contribution in [2.45, 2.75) is 18.2 Å². The van der Waals surface area contributed by atoms with Gasteiger partial charge in [0.25, 0.3) is 5.91 Å². The molecule has 3 aromatic carbocycles. The lowest BCUT2D eigenvalue weighted by molar-refractivity contribution is -0.125. The molecule has 1 fully saturated rings. The van der Waals surface area contributed by atoms with Gasteiger partial charge < -0.3 is 5.32 Å². The molecule has 0 radical (unpaired) electrons. The molecule has 0 aliphatic carbocycles. The first kappa shape index (κ1) is 22.2. The van der Waals surface area contributed by atoms with Crippen molar-refractivity contribution in [2.24, 2.45) is 0 Å². The van der Waals surface area contributed by atoms with Gasteiger partial charge >= 0.3 is 0 Å². The van der Waals surface area contributed by atoms with E-state index in [1.807, 2.05) is 85.8 Å². The van der Waals surface area contributed by atoms with Crippen LogP contribution >= 0.6 is 11.8 Å². The third-order valence-electron chi connectivity index (χ3n) is 6.24. The SMILES string of the molecule is Cc1ccc(N2C(=O)CS[C@]23C(=O)N(CC(=O)NCCc2ccccc2)c2ccccc23)cc1. The molecule has 2 heterocycles. The summed E-state index contributed by atoms with van der Waals surface area (Å²) in [6.45, 7) is 2.37. The highest BCUT2D eigenvalue weighted by atomic mass is 32.2. The number of hydrogen-bond acceptors (Lipinski definition) is 4. The van der Waals surface area contributed by atoms with Crippen molar-refractivity contribution < 1.29 is 14.4 Å². The number of thioether (sulfide) groups is 1. The Morgan fingerprint density at radius 2 is 1.68 bits per heavy atom. The fourth-order valence-corrected chi connectivity index (χ4v) is 5.96. The molecule has 0 unspecified atom stereocenters. The van der Waals surface area contributed by atoms with Gasteiger partial charge in [-0.3, -0.25) is 24.2 Å². The maximum absolute atomic E-state index is 13.9. The lowest BCUT2D eigenvalue weighted by Crippen LogP contribution is -2.51. The highest BCUT2D eigenvalue weighted by Crippen LogP contribution is 2.55. The number of hydrogen-bond donors (Lipinski definition) is 1. The van der Waals surface area contributed by atoms with Crippen LogP contribution in [0.4, 0.5) is 11.4 Å². The Kier molecular flexibility index (Phi) is 5.87. The van der Waals surface area contributed by atoms with Crippen molar-refractivity contribution in [3.63, 3.8) is 0 Å². The summed E-state index contributed by atoms with van der Waals surface area (Å²) in [4.78, 5) is 41.7. The minimum Gasteiger partial charge on any atom is -0.354 e. The zero-order valence-electron chi connectivity index (χ0n) is 18.9. The fourth-order valence-electron chi connectivity index (χ4n) is 4.60. The van der Waals surface area contributed by atoms with Crippen molar-refractivity contribution in [2.75, 3.05) is 28.6 Å². The number of amides is 3. The standard InChI is InChI=1S/C27H25N3O3S/c1-19-11-13-21(14-12-19)30-25(32)18-34-27(30)22-9-5-6-10-23(22)29(26(27)33)17-24(31)28-16-15-20-7-3-2-4-8-20/h2-14H,15-18H2,1H3,(H,28,31)/t27-/m1/s1. The van der Waals surface area contributed by atoms with Crippen molar-refractivity contribution in [3.05, 3.63) is 95.6 Å². The second-order valence-corrected chi connectivity index (χ2v) is 9.66. The van der Waals surface area contributed by atoms with Gasteiger partial charge in [-0.2, -0.15) is 0 Å². The second-order valence-electron chi connectivity index (χ2n) is 8.49. The van der Waals surface area contributed by atoms with Crippen molar-refractivity contribution >= 4 is 40.9 Å². The maximum Gasteiger partial charge on any atom is 0.269 e. The van der Waals surface area contributed by atoms with Gasteiger partial charge in [-0.1, -0.05) is 66.2 Å². The number of anilines is 2. The topological polar surface area (TPSA) is 69.7 Å².